The van der Waals surface area contributed by atoms with Crippen molar-refractivity contribution in [3.05, 3.63) is 45.9 Å². The zero-order valence-electron chi connectivity index (χ0n) is 10.7. The van der Waals surface area contributed by atoms with Gasteiger partial charge in [0.1, 0.15) is 5.82 Å². The Morgan fingerprint density at radius 2 is 1.95 bits per heavy atom. The average molecular weight is 335 g/mol. The van der Waals surface area contributed by atoms with Gasteiger partial charge in [0.25, 0.3) is 0 Å². The Balaban J connectivity index is 2.08. The molecule has 1 aliphatic rings. The van der Waals surface area contributed by atoms with E-state index in [2.05, 4.69) is 25.9 Å². The van der Waals surface area contributed by atoms with Crippen LogP contribution in [0.25, 0.3) is 11.4 Å². The average Bonchev–Trinajstić information content (AvgIpc) is 2.60. The molecule has 1 heterocycles. The van der Waals surface area contributed by atoms with Crippen molar-refractivity contribution in [2.24, 2.45) is 0 Å². The van der Waals surface area contributed by atoms with E-state index in [0.29, 0.717) is 22.3 Å². The normalized spacial score (nSPS) is 14.8. The van der Waals surface area contributed by atoms with Gasteiger partial charge >= 0.3 is 0 Å². The highest BCUT2D eigenvalue weighted by Gasteiger charge is 2.18. The molecule has 3 rings (SSSR count). The van der Waals surface area contributed by atoms with Crippen LogP contribution in [0.15, 0.2) is 28.9 Å². The Morgan fingerprint density at radius 3 is 2.75 bits per heavy atom. The summed E-state index contributed by atoms with van der Waals surface area (Å²) >= 11 is 3.32. The predicted octanol–water partition coefficient (Wildman–Crippen LogP) is 3.95. The summed E-state index contributed by atoms with van der Waals surface area (Å²) in [4.78, 5) is 20.7. The molecule has 0 spiro atoms. The van der Waals surface area contributed by atoms with Crippen molar-refractivity contribution in [3.8, 4) is 11.4 Å². The first-order valence-corrected chi connectivity index (χ1v) is 7.29. The number of hydrogen-bond donors (Lipinski definition) is 0. The fraction of sp³-hybridized carbons (Fsp3) is 0.267. The summed E-state index contributed by atoms with van der Waals surface area (Å²) in [5.41, 5.74) is 2.16. The second-order valence-electron chi connectivity index (χ2n) is 4.81. The molecule has 0 saturated heterocycles. The summed E-state index contributed by atoms with van der Waals surface area (Å²) in [5.74, 6) is 0.318. The molecule has 0 fully saturated rings. The molecule has 1 aromatic carbocycles. The van der Waals surface area contributed by atoms with Crippen LogP contribution in [-0.4, -0.2) is 15.8 Å². The highest BCUT2D eigenvalue weighted by Crippen LogP contribution is 2.28. The summed E-state index contributed by atoms with van der Waals surface area (Å²) in [6.07, 6.45) is 4.80. The molecule has 1 aromatic heterocycles. The maximum absolute atomic E-state index is 13.1. The largest absolute Gasteiger partial charge is 0.294 e. The zero-order chi connectivity index (χ0) is 14.1. The maximum Gasteiger partial charge on any atom is 0.166 e. The van der Waals surface area contributed by atoms with Gasteiger partial charge in [-0.2, -0.15) is 0 Å². The first kappa shape index (κ1) is 13.4. The number of benzene rings is 1. The van der Waals surface area contributed by atoms with E-state index in [4.69, 9.17) is 0 Å². The lowest BCUT2D eigenvalue weighted by Gasteiger charge is -2.07. The van der Waals surface area contributed by atoms with E-state index in [1.807, 2.05) is 0 Å². The standard InChI is InChI=1S/C15H12BrFN2O/c16-12-7-9(17)5-6-10(12)15-18-8-11-13(19-15)3-1-2-4-14(11)20/h5-8H,1-4H2. The number of rotatable bonds is 1. The number of aromatic nitrogens is 2. The third kappa shape index (κ3) is 2.50. The van der Waals surface area contributed by atoms with Crippen LogP contribution in [-0.2, 0) is 6.42 Å². The van der Waals surface area contributed by atoms with Gasteiger partial charge in [0.15, 0.2) is 11.6 Å². The third-order valence-electron chi connectivity index (χ3n) is 3.41. The van der Waals surface area contributed by atoms with Crippen LogP contribution in [0.5, 0.6) is 0 Å². The van der Waals surface area contributed by atoms with E-state index < -0.39 is 0 Å². The monoisotopic (exact) mass is 334 g/mol. The van der Waals surface area contributed by atoms with E-state index in [1.54, 1.807) is 12.3 Å². The fourth-order valence-electron chi connectivity index (χ4n) is 2.35. The summed E-state index contributed by atoms with van der Waals surface area (Å²) in [6.45, 7) is 0. The number of Topliss-reactive ketones (excluding diaryl/α,β-unsaturated/α-hetero) is 1. The number of carbonyl (C=O) groups excluding carboxylic acids is 1. The number of ketones is 1. The Bertz CT molecular complexity index is 688. The minimum Gasteiger partial charge on any atom is -0.294 e. The van der Waals surface area contributed by atoms with E-state index in [1.165, 1.54) is 12.1 Å². The van der Waals surface area contributed by atoms with Crippen molar-refractivity contribution in [3.63, 3.8) is 0 Å². The van der Waals surface area contributed by atoms with Crippen molar-refractivity contribution < 1.29 is 9.18 Å². The quantitative estimate of drug-likeness (QED) is 0.741. The van der Waals surface area contributed by atoms with Crippen LogP contribution in [0.3, 0.4) is 0 Å². The lowest BCUT2D eigenvalue weighted by Crippen LogP contribution is -2.05. The molecule has 1 aliphatic carbocycles. The van der Waals surface area contributed by atoms with E-state index >= 15 is 0 Å². The third-order valence-corrected chi connectivity index (χ3v) is 4.06. The van der Waals surface area contributed by atoms with Crippen LogP contribution in [0, 0.1) is 5.82 Å². The van der Waals surface area contributed by atoms with Crippen molar-refractivity contribution in [1.29, 1.82) is 0 Å². The molecule has 3 nitrogen and oxygen atoms in total. The Morgan fingerprint density at radius 1 is 1.15 bits per heavy atom. The Hall–Kier alpha value is -1.62. The molecule has 0 radical (unpaired) electrons. The number of hydrogen-bond acceptors (Lipinski definition) is 3. The van der Waals surface area contributed by atoms with Crippen LogP contribution < -0.4 is 0 Å². The van der Waals surface area contributed by atoms with E-state index in [-0.39, 0.29) is 11.6 Å². The molecule has 2 aromatic rings. The lowest BCUT2D eigenvalue weighted by molar-refractivity contribution is 0.0981. The summed E-state index contributed by atoms with van der Waals surface area (Å²) < 4.78 is 13.7. The first-order chi connectivity index (χ1) is 9.65. The topological polar surface area (TPSA) is 42.9 Å². The van der Waals surface area contributed by atoms with Crippen molar-refractivity contribution in [1.82, 2.24) is 9.97 Å². The Labute approximate surface area is 124 Å². The predicted molar refractivity (Wildman–Crippen MR) is 77.0 cm³/mol. The second kappa shape index (κ2) is 5.40. The van der Waals surface area contributed by atoms with E-state index in [0.717, 1.165) is 30.5 Å². The van der Waals surface area contributed by atoms with Crippen LogP contribution in [0.2, 0.25) is 0 Å². The number of nitrogens with zero attached hydrogens (tertiary/aromatic N) is 2. The summed E-state index contributed by atoms with van der Waals surface area (Å²) in [5, 5.41) is 0. The zero-order valence-corrected chi connectivity index (χ0v) is 12.3. The molecule has 0 aliphatic heterocycles. The molecule has 0 N–H and O–H groups in total. The van der Waals surface area contributed by atoms with Crippen molar-refractivity contribution >= 4 is 21.7 Å². The van der Waals surface area contributed by atoms with Gasteiger partial charge in [0.05, 0.1) is 11.3 Å². The number of halogens is 2. The van der Waals surface area contributed by atoms with Crippen molar-refractivity contribution in [2.45, 2.75) is 25.7 Å². The van der Waals surface area contributed by atoms with Gasteiger partial charge in [-0.1, -0.05) is 0 Å². The maximum atomic E-state index is 13.1. The SMILES string of the molecule is O=C1CCCCc2nc(-c3ccc(F)cc3Br)ncc21. The molecule has 0 unspecified atom stereocenters. The van der Waals surface area contributed by atoms with Crippen molar-refractivity contribution in [2.75, 3.05) is 0 Å². The van der Waals surface area contributed by atoms with Gasteiger partial charge in [0.2, 0.25) is 0 Å². The van der Waals surface area contributed by atoms with Gasteiger partial charge in [-0.05, 0) is 53.4 Å². The summed E-state index contributed by atoms with van der Waals surface area (Å²) in [6, 6.07) is 4.40. The van der Waals surface area contributed by atoms with Gasteiger partial charge in [-0.3, -0.25) is 4.79 Å². The molecule has 0 atom stereocenters. The van der Waals surface area contributed by atoms with E-state index in [9.17, 15) is 9.18 Å². The second-order valence-corrected chi connectivity index (χ2v) is 5.66. The fourth-order valence-corrected chi connectivity index (χ4v) is 2.88. The minimum atomic E-state index is -0.314. The summed E-state index contributed by atoms with van der Waals surface area (Å²) in [7, 11) is 0. The molecule has 0 saturated carbocycles. The smallest absolute Gasteiger partial charge is 0.166 e. The first-order valence-electron chi connectivity index (χ1n) is 6.49. The number of carbonyl (C=O) groups is 1. The minimum absolute atomic E-state index is 0.113. The van der Waals surface area contributed by atoms with Gasteiger partial charge in [-0.15, -0.1) is 0 Å². The Kier molecular flexibility index (Phi) is 3.61. The lowest BCUT2D eigenvalue weighted by atomic mass is 10.1. The van der Waals surface area contributed by atoms with Crippen LogP contribution >= 0.6 is 15.9 Å². The molecule has 0 amide bonds. The van der Waals surface area contributed by atoms with Crippen LogP contribution in [0.1, 0.15) is 35.3 Å². The molecule has 0 bridgehead atoms. The number of aryl methyl sites for hydroxylation is 1. The number of fused-ring (bicyclic) bond motifs is 1. The highest BCUT2D eigenvalue weighted by atomic mass is 79.9. The highest BCUT2D eigenvalue weighted by molar-refractivity contribution is 9.10. The molecule has 102 valence electrons. The molecular formula is C15H12BrFN2O. The molecular weight excluding hydrogens is 323 g/mol. The molecule has 5 heteroatoms. The van der Waals surface area contributed by atoms with Gasteiger partial charge in [0, 0.05) is 22.7 Å². The molecule has 20 heavy (non-hydrogen) atoms. The van der Waals surface area contributed by atoms with Crippen LogP contribution in [0.4, 0.5) is 4.39 Å². The van der Waals surface area contributed by atoms with Gasteiger partial charge < -0.3 is 0 Å². The van der Waals surface area contributed by atoms with Gasteiger partial charge in [-0.25, -0.2) is 14.4 Å².